The average molecular weight is 452 g/mol. The lowest BCUT2D eigenvalue weighted by molar-refractivity contribution is 0.0948. The molecule has 2 heterocycles. The number of hydrogen-bond donors (Lipinski definition) is 3. The monoisotopic (exact) mass is 452 g/mol. The summed E-state index contributed by atoms with van der Waals surface area (Å²) >= 11 is 0. The molecule has 5 aromatic rings. The van der Waals surface area contributed by atoms with Crippen molar-refractivity contribution < 1.29 is 19.4 Å². The zero-order valence-electron chi connectivity index (χ0n) is 17.9. The van der Waals surface area contributed by atoms with Gasteiger partial charge in [0, 0.05) is 5.56 Å². The molecule has 5 rings (SSSR count). The van der Waals surface area contributed by atoms with Crippen molar-refractivity contribution in [3.63, 3.8) is 0 Å². The van der Waals surface area contributed by atoms with E-state index < -0.39 is 0 Å². The van der Waals surface area contributed by atoms with Crippen LogP contribution in [0.1, 0.15) is 16.1 Å². The number of carbonyl (C=O) groups is 1. The van der Waals surface area contributed by atoms with Crippen molar-refractivity contribution in [2.75, 3.05) is 0 Å². The Morgan fingerprint density at radius 2 is 1.53 bits per heavy atom. The van der Waals surface area contributed by atoms with Crippen LogP contribution in [-0.4, -0.2) is 30.9 Å². The van der Waals surface area contributed by atoms with E-state index in [9.17, 15) is 15.0 Å². The average Bonchev–Trinajstić information content (AvgIpc) is 3.54. The Labute approximate surface area is 194 Å². The minimum absolute atomic E-state index is 0.0482. The van der Waals surface area contributed by atoms with E-state index in [0.29, 0.717) is 39.8 Å². The second-order valence-corrected chi connectivity index (χ2v) is 7.51. The van der Waals surface area contributed by atoms with Gasteiger partial charge in [0.15, 0.2) is 11.6 Å². The van der Waals surface area contributed by atoms with Crippen molar-refractivity contribution in [2.24, 2.45) is 0 Å². The Morgan fingerprint density at radius 3 is 2.18 bits per heavy atom. The van der Waals surface area contributed by atoms with Crippen LogP contribution in [0.2, 0.25) is 0 Å². The number of amides is 1. The lowest BCUT2D eigenvalue weighted by Gasteiger charge is -2.08. The fourth-order valence-electron chi connectivity index (χ4n) is 3.54. The molecule has 3 aromatic carbocycles. The molecule has 8 nitrogen and oxygen atoms in total. The maximum Gasteiger partial charge on any atom is 0.251 e. The molecule has 8 heteroatoms. The van der Waals surface area contributed by atoms with Gasteiger partial charge >= 0.3 is 0 Å². The Hall–Kier alpha value is -4.85. The third-order valence-corrected chi connectivity index (χ3v) is 5.27. The van der Waals surface area contributed by atoms with Crippen LogP contribution in [-0.2, 0) is 6.54 Å². The van der Waals surface area contributed by atoms with E-state index in [1.54, 1.807) is 95.9 Å². The number of benzene rings is 3. The van der Waals surface area contributed by atoms with E-state index in [1.165, 1.54) is 0 Å². The van der Waals surface area contributed by atoms with Crippen molar-refractivity contribution in [1.29, 1.82) is 0 Å². The summed E-state index contributed by atoms with van der Waals surface area (Å²) in [6.45, 7) is 0.290. The molecule has 0 unspecified atom stereocenters. The largest absolute Gasteiger partial charge is 0.507 e. The number of nitrogens with one attached hydrogen (secondary N) is 1. The third kappa shape index (κ3) is 4.12. The zero-order valence-corrected chi connectivity index (χ0v) is 17.9. The highest BCUT2D eigenvalue weighted by Crippen LogP contribution is 2.33. The fraction of sp³-hybridized carbons (Fsp3) is 0.0385. The molecule has 0 aliphatic heterocycles. The van der Waals surface area contributed by atoms with Crippen molar-refractivity contribution in [3.8, 4) is 40.0 Å². The Bertz CT molecular complexity index is 1440. The van der Waals surface area contributed by atoms with Gasteiger partial charge in [-0.2, -0.15) is 0 Å². The van der Waals surface area contributed by atoms with E-state index in [2.05, 4.69) is 15.4 Å². The van der Waals surface area contributed by atoms with Crippen LogP contribution in [0.5, 0.6) is 11.5 Å². The van der Waals surface area contributed by atoms with Crippen molar-refractivity contribution in [1.82, 2.24) is 20.1 Å². The van der Waals surface area contributed by atoms with Gasteiger partial charge in [-0.05, 0) is 60.7 Å². The summed E-state index contributed by atoms with van der Waals surface area (Å²) in [5.41, 5.74) is 2.05. The second kappa shape index (κ2) is 8.95. The maximum absolute atomic E-state index is 12.5. The van der Waals surface area contributed by atoms with Gasteiger partial charge in [-0.1, -0.05) is 24.3 Å². The Balaban J connectivity index is 1.50. The van der Waals surface area contributed by atoms with E-state index in [0.717, 1.165) is 0 Å². The first-order chi connectivity index (χ1) is 16.6. The van der Waals surface area contributed by atoms with Crippen LogP contribution in [0.15, 0.2) is 95.6 Å². The number of para-hydroxylation sites is 2. The van der Waals surface area contributed by atoms with E-state index >= 15 is 0 Å². The lowest BCUT2D eigenvalue weighted by Crippen LogP contribution is -2.22. The number of carbonyl (C=O) groups excluding carboxylic acids is 1. The van der Waals surface area contributed by atoms with E-state index in [4.69, 9.17) is 4.42 Å². The minimum Gasteiger partial charge on any atom is -0.507 e. The second-order valence-electron chi connectivity index (χ2n) is 7.51. The van der Waals surface area contributed by atoms with Crippen molar-refractivity contribution in [2.45, 2.75) is 6.54 Å². The van der Waals surface area contributed by atoms with Crippen LogP contribution < -0.4 is 5.32 Å². The van der Waals surface area contributed by atoms with Gasteiger partial charge in [0.05, 0.1) is 29.6 Å². The molecule has 0 aliphatic carbocycles. The molecular formula is C26H20N4O4. The van der Waals surface area contributed by atoms with E-state index in [1.807, 2.05) is 0 Å². The fourth-order valence-corrected chi connectivity index (χ4v) is 3.54. The highest BCUT2D eigenvalue weighted by atomic mass is 16.3. The molecule has 0 saturated carbocycles. The predicted molar refractivity (Wildman–Crippen MR) is 125 cm³/mol. The minimum atomic E-state index is -0.239. The highest BCUT2D eigenvalue weighted by Gasteiger charge is 2.19. The number of aromatic nitrogens is 3. The molecular weight excluding hydrogens is 432 g/mol. The highest BCUT2D eigenvalue weighted by molar-refractivity contribution is 5.94. The van der Waals surface area contributed by atoms with Crippen molar-refractivity contribution >= 4 is 5.91 Å². The summed E-state index contributed by atoms with van der Waals surface area (Å²) in [6.07, 6.45) is 1.56. The number of phenols is 2. The molecule has 0 fully saturated rings. The summed E-state index contributed by atoms with van der Waals surface area (Å²) < 4.78 is 6.81. The molecule has 1 amide bonds. The summed E-state index contributed by atoms with van der Waals surface area (Å²) in [4.78, 5) is 17.1. The smallest absolute Gasteiger partial charge is 0.251 e. The maximum atomic E-state index is 12.5. The van der Waals surface area contributed by atoms with Gasteiger partial charge in [0.2, 0.25) is 0 Å². The molecule has 0 spiro atoms. The van der Waals surface area contributed by atoms with Gasteiger partial charge in [0.25, 0.3) is 5.91 Å². The van der Waals surface area contributed by atoms with Crippen LogP contribution in [0.25, 0.3) is 28.5 Å². The van der Waals surface area contributed by atoms with Crippen LogP contribution in [0.4, 0.5) is 0 Å². The first-order valence-corrected chi connectivity index (χ1v) is 10.5. The molecule has 0 radical (unpaired) electrons. The summed E-state index contributed by atoms with van der Waals surface area (Å²) in [5, 5.41) is 28.1. The number of hydrogen-bond acceptors (Lipinski definition) is 6. The van der Waals surface area contributed by atoms with Gasteiger partial charge in [-0.3, -0.25) is 4.79 Å². The van der Waals surface area contributed by atoms with Gasteiger partial charge in [0.1, 0.15) is 17.3 Å². The van der Waals surface area contributed by atoms with Gasteiger partial charge in [-0.15, -0.1) is 5.10 Å². The molecule has 3 N–H and O–H groups in total. The van der Waals surface area contributed by atoms with Crippen molar-refractivity contribution in [3.05, 3.63) is 103 Å². The van der Waals surface area contributed by atoms with Crippen LogP contribution in [0, 0.1) is 0 Å². The molecule has 0 bridgehead atoms. The summed E-state index contributed by atoms with van der Waals surface area (Å²) in [5.74, 6) is 1.22. The first kappa shape index (κ1) is 21.0. The molecule has 168 valence electrons. The molecule has 0 aliphatic rings. The first-order valence-electron chi connectivity index (χ1n) is 10.5. The lowest BCUT2D eigenvalue weighted by atomic mass is 10.1. The SMILES string of the molecule is O=C(NCc1ccco1)c1ccc(-n2nc(-c3ccccc3O)nc2-c2ccccc2O)cc1. The number of furan rings is 1. The normalized spacial score (nSPS) is 10.8. The van der Waals surface area contributed by atoms with E-state index in [-0.39, 0.29) is 24.0 Å². The molecule has 2 aromatic heterocycles. The number of nitrogens with zero attached hydrogens (tertiary/aromatic N) is 3. The summed E-state index contributed by atoms with van der Waals surface area (Å²) in [6, 6.07) is 24.0. The Kier molecular flexibility index (Phi) is 5.53. The topological polar surface area (TPSA) is 113 Å². The standard InChI is InChI=1S/C26H20N4O4/c31-22-9-3-1-7-20(22)24-28-25(21-8-2-4-10-23(21)32)30(29-24)18-13-11-17(12-14-18)26(33)27-16-19-6-5-15-34-19/h1-15,31-32H,16H2,(H,27,33). The molecule has 34 heavy (non-hydrogen) atoms. The van der Waals surface area contributed by atoms with Gasteiger partial charge in [-0.25, -0.2) is 9.67 Å². The number of aromatic hydroxyl groups is 2. The quantitative estimate of drug-likeness (QED) is 0.349. The number of rotatable bonds is 6. The third-order valence-electron chi connectivity index (χ3n) is 5.27. The molecule has 0 atom stereocenters. The Morgan fingerprint density at radius 1 is 0.853 bits per heavy atom. The summed E-state index contributed by atoms with van der Waals surface area (Å²) in [7, 11) is 0. The zero-order chi connectivity index (χ0) is 23.5. The van der Waals surface area contributed by atoms with Gasteiger partial charge < -0.3 is 19.9 Å². The van der Waals surface area contributed by atoms with Crippen LogP contribution >= 0.6 is 0 Å². The van der Waals surface area contributed by atoms with Crippen LogP contribution in [0.3, 0.4) is 0 Å². The molecule has 0 saturated heterocycles. The number of phenolic OH excluding ortho intramolecular Hbond substituents is 2. The predicted octanol–water partition coefficient (Wildman–Crippen LogP) is 4.54.